The van der Waals surface area contributed by atoms with Crippen LogP contribution in [-0.2, 0) is 5.54 Å². The van der Waals surface area contributed by atoms with Crippen LogP contribution in [-0.4, -0.2) is 20.1 Å². The van der Waals surface area contributed by atoms with Gasteiger partial charge < -0.3 is 14.8 Å². The van der Waals surface area contributed by atoms with Crippen molar-refractivity contribution in [2.24, 2.45) is 0 Å². The second kappa shape index (κ2) is 8.17. The Morgan fingerprint density at radius 1 is 0.821 bits per heavy atom. The van der Waals surface area contributed by atoms with Gasteiger partial charge in [0.15, 0.2) is 0 Å². The lowest BCUT2D eigenvalue weighted by Crippen LogP contribution is -2.41. The average molecular weight is 375 g/mol. The summed E-state index contributed by atoms with van der Waals surface area (Å²) in [5.41, 5.74) is 2.77. The molecule has 0 saturated heterocycles. The summed E-state index contributed by atoms with van der Waals surface area (Å²) >= 11 is 0. The van der Waals surface area contributed by atoms with Crippen molar-refractivity contribution in [3.63, 3.8) is 0 Å². The predicted octanol–water partition coefficient (Wildman–Crippen LogP) is 5.04. The van der Waals surface area contributed by atoms with E-state index in [2.05, 4.69) is 5.32 Å². The minimum atomic E-state index is -0.601. The zero-order valence-corrected chi connectivity index (χ0v) is 16.7. The van der Waals surface area contributed by atoms with Crippen LogP contribution >= 0.6 is 0 Å². The molecule has 0 fully saturated rings. The Morgan fingerprint density at radius 3 is 2.14 bits per heavy atom. The van der Waals surface area contributed by atoms with Crippen LogP contribution in [0.5, 0.6) is 11.5 Å². The van der Waals surface area contributed by atoms with E-state index in [9.17, 15) is 4.79 Å². The van der Waals surface area contributed by atoms with Gasteiger partial charge in [0.1, 0.15) is 11.5 Å². The molecule has 28 heavy (non-hydrogen) atoms. The highest BCUT2D eigenvalue weighted by atomic mass is 16.5. The Balaban J connectivity index is 1.92. The van der Waals surface area contributed by atoms with E-state index < -0.39 is 5.54 Å². The van der Waals surface area contributed by atoms with Crippen LogP contribution in [0.2, 0.25) is 0 Å². The van der Waals surface area contributed by atoms with Crippen molar-refractivity contribution in [1.82, 2.24) is 5.32 Å². The van der Waals surface area contributed by atoms with E-state index in [1.807, 2.05) is 80.6 Å². The molecule has 0 aliphatic rings. The van der Waals surface area contributed by atoms with Gasteiger partial charge in [-0.05, 0) is 43.7 Å². The van der Waals surface area contributed by atoms with Crippen molar-refractivity contribution in [2.45, 2.75) is 19.4 Å². The van der Waals surface area contributed by atoms with Gasteiger partial charge in [-0.25, -0.2) is 0 Å². The molecule has 1 N–H and O–H groups in total. The summed E-state index contributed by atoms with van der Waals surface area (Å²) in [5.74, 6) is 1.31. The minimum absolute atomic E-state index is 0.157. The molecule has 0 spiro atoms. The number of carbonyl (C=O) groups is 1. The van der Waals surface area contributed by atoms with Gasteiger partial charge in [-0.15, -0.1) is 0 Å². The summed E-state index contributed by atoms with van der Waals surface area (Å²) < 4.78 is 10.9. The molecule has 4 heteroatoms. The highest BCUT2D eigenvalue weighted by Gasteiger charge is 2.27. The molecule has 0 bridgehead atoms. The molecule has 3 aromatic rings. The first-order valence-electron chi connectivity index (χ1n) is 9.15. The number of benzene rings is 3. The van der Waals surface area contributed by atoms with Crippen LogP contribution in [0, 0.1) is 0 Å². The zero-order chi connectivity index (χ0) is 20.1. The Morgan fingerprint density at radius 2 is 1.46 bits per heavy atom. The van der Waals surface area contributed by atoms with Crippen molar-refractivity contribution >= 4 is 5.91 Å². The quantitative estimate of drug-likeness (QED) is 0.657. The van der Waals surface area contributed by atoms with Crippen LogP contribution < -0.4 is 14.8 Å². The maximum atomic E-state index is 13.0. The molecule has 0 aliphatic heterocycles. The molecule has 3 aromatic carbocycles. The first kappa shape index (κ1) is 19.5. The molecule has 144 valence electrons. The van der Waals surface area contributed by atoms with Crippen molar-refractivity contribution in [3.05, 3.63) is 83.9 Å². The Hall–Kier alpha value is -3.27. The molecule has 1 amide bonds. The smallest absolute Gasteiger partial charge is 0.251 e. The highest BCUT2D eigenvalue weighted by Crippen LogP contribution is 2.32. The van der Waals surface area contributed by atoms with E-state index in [1.54, 1.807) is 20.3 Å². The van der Waals surface area contributed by atoms with Gasteiger partial charge in [-0.1, -0.05) is 48.5 Å². The third kappa shape index (κ3) is 4.01. The van der Waals surface area contributed by atoms with E-state index in [0.29, 0.717) is 5.56 Å². The lowest BCUT2D eigenvalue weighted by molar-refractivity contribution is 0.0911. The van der Waals surface area contributed by atoms with Gasteiger partial charge >= 0.3 is 0 Å². The number of methoxy groups -OCH3 is 2. The average Bonchev–Trinajstić information content (AvgIpc) is 2.73. The molecule has 0 aromatic heterocycles. The Kier molecular flexibility index (Phi) is 5.69. The predicted molar refractivity (Wildman–Crippen MR) is 112 cm³/mol. The van der Waals surface area contributed by atoms with Gasteiger partial charge in [-0.2, -0.15) is 0 Å². The summed E-state index contributed by atoms with van der Waals surface area (Å²) in [5, 5.41) is 3.12. The molecule has 0 radical (unpaired) electrons. The van der Waals surface area contributed by atoms with Crippen molar-refractivity contribution in [2.75, 3.05) is 14.2 Å². The number of para-hydroxylation sites is 1. The number of ether oxygens (including phenoxy) is 2. The second-order valence-electron chi connectivity index (χ2n) is 7.06. The summed E-state index contributed by atoms with van der Waals surface area (Å²) in [6, 6.07) is 23.1. The summed E-state index contributed by atoms with van der Waals surface area (Å²) in [6.45, 7) is 3.93. The maximum Gasteiger partial charge on any atom is 0.251 e. The summed E-state index contributed by atoms with van der Waals surface area (Å²) in [4.78, 5) is 13.0. The number of amides is 1. The van der Waals surface area contributed by atoms with E-state index in [1.165, 1.54) is 0 Å². The number of carbonyl (C=O) groups excluding carboxylic acids is 1. The standard InChI is InChI=1S/C24H25NO3/c1-24(2,20-12-8-9-13-22(20)28-4)25-23(26)18-14-15-21(27-3)19(16-18)17-10-6-5-7-11-17/h5-16H,1-4H3,(H,25,26). The van der Waals surface area contributed by atoms with Gasteiger partial charge in [0.2, 0.25) is 0 Å². The van der Waals surface area contributed by atoms with Gasteiger partial charge in [0, 0.05) is 16.7 Å². The van der Waals surface area contributed by atoms with E-state index in [0.717, 1.165) is 28.2 Å². The second-order valence-corrected chi connectivity index (χ2v) is 7.06. The fraction of sp³-hybridized carbons (Fsp3) is 0.208. The van der Waals surface area contributed by atoms with Crippen molar-refractivity contribution < 1.29 is 14.3 Å². The fourth-order valence-corrected chi connectivity index (χ4v) is 3.28. The van der Waals surface area contributed by atoms with Crippen LogP contribution in [0.3, 0.4) is 0 Å². The third-order valence-electron chi connectivity index (χ3n) is 4.75. The molecule has 0 unspecified atom stereocenters. The van der Waals surface area contributed by atoms with Gasteiger partial charge in [-0.3, -0.25) is 4.79 Å². The van der Waals surface area contributed by atoms with Crippen LogP contribution in [0.15, 0.2) is 72.8 Å². The highest BCUT2D eigenvalue weighted by molar-refractivity contribution is 5.96. The fourth-order valence-electron chi connectivity index (χ4n) is 3.28. The third-order valence-corrected chi connectivity index (χ3v) is 4.75. The van der Waals surface area contributed by atoms with Gasteiger partial charge in [0.25, 0.3) is 5.91 Å². The van der Waals surface area contributed by atoms with Crippen molar-refractivity contribution in [1.29, 1.82) is 0 Å². The van der Waals surface area contributed by atoms with E-state index in [-0.39, 0.29) is 5.91 Å². The maximum absolute atomic E-state index is 13.0. The molecule has 0 saturated carbocycles. The molecule has 0 atom stereocenters. The normalized spacial score (nSPS) is 11.0. The summed E-state index contributed by atoms with van der Waals surface area (Å²) in [6.07, 6.45) is 0. The van der Waals surface area contributed by atoms with Crippen LogP contribution in [0.4, 0.5) is 0 Å². The topological polar surface area (TPSA) is 47.6 Å². The minimum Gasteiger partial charge on any atom is -0.496 e. The van der Waals surface area contributed by atoms with Crippen LogP contribution in [0.25, 0.3) is 11.1 Å². The van der Waals surface area contributed by atoms with Crippen LogP contribution in [0.1, 0.15) is 29.8 Å². The number of nitrogens with one attached hydrogen (secondary N) is 1. The molecule has 0 heterocycles. The Bertz CT molecular complexity index is 965. The lowest BCUT2D eigenvalue weighted by atomic mass is 9.92. The SMILES string of the molecule is COc1ccc(C(=O)NC(C)(C)c2ccccc2OC)cc1-c1ccccc1. The monoisotopic (exact) mass is 375 g/mol. The first-order valence-corrected chi connectivity index (χ1v) is 9.15. The number of rotatable bonds is 6. The number of hydrogen-bond donors (Lipinski definition) is 1. The molecule has 3 rings (SSSR count). The molecule has 0 aliphatic carbocycles. The summed E-state index contributed by atoms with van der Waals surface area (Å²) in [7, 11) is 3.26. The Labute approximate surface area is 166 Å². The van der Waals surface area contributed by atoms with E-state index >= 15 is 0 Å². The van der Waals surface area contributed by atoms with E-state index in [4.69, 9.17) is 9.47 Å². The van der Waals surface area contributed by atoms with Gasteiger partial charge in [0.05, 0.1) is 19.8 Å². The molecule has 4 nitrogen and oxygen atoms in total. The molecular formula is C24H25NO3. The first-order chi connectivity index (χ1) is 13.5. The van der Waals surface area contributed by atoms with Crippen molar-refractivity contribution in [3.8, 4) is 22.6 Å². The number of hydrogen-bond acceptors (Lipinski definition) is 3. The zero-order valence-electron chi connectivity index (χ0n) is 16.7. The molecular weight excluding hydrogens is 350 g/mol. The largest absolute Gasteiger partial charge is 0.496 e. The lowest BCUT2D eigenvalue weighted by Gasteiger charge is -2.28.